The molecular weight excluding hydrogens is 529 g/mol. The van der Waals surface area contributed by atoms with Crippen molar-refractivity contribution in [2.75, 3.05) is 0 Å². The van der Waals surface area contributed by atoms with Crippen LogP contribution in [0.5, 0.6) is 0 Å². The average molecular weight is 597 g/mol. The molecule has 0 aliphatic rings. The van der Waals surface area contributed by atoms with Crippen LogP contribution >= 0.6 is 0 Å². The van der Waals surface area contributed by atoms with E-state index in [1.807, 2.05) is 0 Å². The van der Waals surface area contributed by atoms with Gasteiger partial charge in [0.2, 0.25) is 0 Å². The fourth-order valence-electron chi connectivity index (χ4n) is 5.12. The highest BCUT2D eigenvalue weighted by atomic mass is 28.4. The summed E-state index contributed by atoms with van der Waals surface area (Å²) in [4.78, 5) is 0. The van der Waals surface area contributed by atoms with E-state index in [0.717, 1.165) is 18.5 Å². The van der Waals surface area contributed by atoms with Gasteiger partial charge < -0.3 is 17.7 Å². The molecule has 0 N–H and O–H groups in total. The molecule has 0 saturated carbocycles. The van der Waals surface area contributed by atoms with Gasteiger partial charge in [0.15, 0.2) is 0 Å². The van der Waals surface area contributed by atoms with Gasteiger partial charge in [-0.1, -0.05) is 103 Å². The maximum atomic E-state index is 6.35. The molecule has 4 nitrogen and oxygen atoms in total. The third-order valence-corrected chi connectivity index (χ3v) is 16.0. The van der Waals surface area contributed by atoms with Crippen LogP contribution in [0.1, 0.15) is 134 Å². The predicted molar refractivity (Wildman–Crippen MR) is 180 cm³/mol. The monoisotopic (exact) mass is 596 g/mol. The molecule has 6 heteroatoms. The van der Waals surface area contributed by atoms with Crippen LogP contribution in [0.25, 0.3) is 0 Å². The lowest BCUT2D eigenvalue weighted by Crippen LogP contribution is -2.49. The molecular formula is C34H68O4Si2. The van der Waals surface area contributed by atoms with Crippen molar-refractivity contribution in [3.05, 3.63) is 35.9 Å². The summed E-state index contributed by atoms with van der Waals surface area (Å²) in [7, 11) is -4.25. The van der Waals surface area contributed by atoms with E-state index in [4.69, 9.17) is 17.7 Å². The minimum Gasteiger partial charge on any atom is -0.392 e. The molecule has 0 radical (unpaired) electrons. The Hall–Kier alpha value is -0.506. The van der Waals surface area contributed by atoms with Crippen molar-refractivity contribution in [1.82, 2.24) is 0 Å². The smallest absolute Gasteiger partial charge is 0.341 e. The van der Waals surface area contributed by atoms with Gasteiger partial charge in [0, 0.05) is 24.4 Å². The summed E-state index contributed by atoms with van der Waals surface area (Å²) in [6, 6.07) is 12.8. The molecule has 0 saturated heterocycles. The molecule has 1 aromatic rings. The molecule has 0 aliphatic heterocycles. The van der Waals surface area contributed by atoms with Crippen LogP contribution in [0.3, 0.4) is 0 Å². The fourth-order valence-corrected chi connectivity index (χ4v) is 12.5. The second-order valence-electron chi connectivity index (χ2n) is 13.1. The highest BCUT2D eigenvalue weighted by molar-refractivity contribution is 6.69. The standard InChI is InChI=1S/C17H30O2Si.C17H38O2Si/c1-14(2)18-20(16(5)6,19-15(3)4)13-12-17-10-8-7-9-11-17;1-8-9-10-11-12-13-14-20(17(6)7,18-15(2)3)19-16(4)5/h7-11,14-16H,12-13H2,1-6H3;15-17H,8-14H2,1-7H3. The third kappa shape index (κ3) is 16.8. The summed E-state index contributed by atoms with van der Waals surface area (Å²) in [6.45, 7) is 28.3. The summed E-state index contributed by atoms with van der Waals surface area (Å²) in [6.07, 6.45) is 10.0. The lowest BCUT2D eigenvalue weighted by atomic mass is 10.1. The molecule has 0 fully saturated rings. The normalized spacial score (nSPS) is 12.8. The number of hydrogen-bond acceptors (Lipinski definition) is 4. The molecule has 0 atom stereocenters. The summed E-state index contributed by atoms with van der Waals surface area (Å²) < 4.78 is 25.4. The summed E-state index contributed by atoms with van der Waals surface area (Å²) >= 11 is 0. The van der Waals surface area contributed by atoms with Gasteiger partial charge in [-0.3, -0.25) is 0 Å². The molecule has 0 heterocycles. The Morgan fingerprint density at radius 1 is 0.500 bits per heavy atom. The Kier molecular flexibility index (Phi) is 21.0. The molecule has 0 spiro atoms. The van der Waals surface area contributed by atoms with E-state index in [1.165, 1.54) is 44.1 Å². The van der Waals surface area contributed by atoms with E-state index in [1.54, 1.807) is 0 Å². The van der Waals surface area contributed by atoms with E-state index in [0.29, 0.717) is 11.1 Å². The van der Waals surface area contributed by atoms with Crippen LogP contribution in [-0.2, 0) is 24.1 Å². The molecule has 0 aliphatic carbocycles. The first-order valence-corrected chi connectivity index (χ1v) is 20.6. The Bertz CT molecular complexity index is 700. The number of aryl methyl sites for hydroxylation is 1. The summed E-state index contributed by atoms with van der Waals surface area (Å²) in [5.74, 6) is 0. The van der Waals surface area contributed by atoms with Gasteiger partial charge in [0.05, 0.1) is 0 Å². The molecule has 0 amide bonds. The Balaban J connectivity index is 0.000000760. The van der Waals surface area contributed by atoms with Crippen LogP contribution in [0, 0.1) is 0 Å². The quantitative estimate of drug-likeness (QED) is 0.111. The zero-order valence-electron chi connectivity index (χ0n) is 28.8. The van der Waals surface area contributed by atoms with Crippen molar-refractivity contribution in [2.45, 2.75) is 183 Å². The van der Waals surface area contributed by atoms with Crippen LogP contribution in [0.2, 0.25) is 23.2 Å². The zero-order valence-corrected chi connectivity index (χ0v) is 30.8. The van der Waals surface area contributed by atoms with E-state index < -0.39 is 17.1 Å². The van der Waals surface area contributed by atoms with Gasteiger partial charge in [-0.2, -0.15) is 0 Å². The second-order valence-corrected chi connectivity index (χ2v) is 20.6. The van der Waals surface area contributed by atoms with Gasteiger partial charge in [-0.15, -0.1) is 0 Å². The van der Waals surface area contributed by atoms with Crippen LogP contribution < -0.4 is 0 Å². The Labute approximate surface area is 252 Å². The minimum atomic E-state index is -2.18. The lowest BCUT2D eigenvalue weighted by Gasteiger charge is -2.37. The molecule has 0 unspecified atom stereocenters. The Morgan fingerprint density at radius 3 is 1.25 bits per heavy atom. The van der Waals surface area contributed by atoms with Crippen molar-refractivity contribution >= 4 is 17.1 Å². The minimum absolute atomic E-state index is 0.221. The largest absolute Gasteiger partial charge is 0.392 e. The number of hydrogen-bond donors (Lipinski definition) is 0. The highest BCUT2D eigenvalue weighted by Gasteiger charge is 2.43. The Morgan fingerprint density at radius 2 is 0.875 bits per heavy atom. The molecule has 1 rings (SSSR count). The van der Waals surface area contributed by atoms with Crippen LogP contribution in [0.15, 0.2) is 30.3 Å². The first kappa shape index (κ1) is 39.5. The van der Waals surface area contributed by atoms with Crippen molar-refractivity contribution < 1.29 is 17.7 Å². The predicted octanol–water partition coefficient (Wildman–Crippen LogP) is 11.0. The van der Waals surface area contributed by atoms with Crippen molar-refractivity contribution in [3.63, 3.8) is 0 Å². The molecule has 236 valence electrons. The van der Waals surface area contributed by atoms with Crippen LogP contribution in [0.4, 0.5) is 0 Å². The molecule has 40 heavy (non-hydrogen) atoms. The van der Waals surface area contributed by atoms with Gasteiger partial charge in [0.25, 0.3) is 0 Å². The third-order valence-electron chi connectivity index (χ3n) is 6.98. The first-order valence-electron chi connectivity index (χ1n) is 16.4. The van der Waals surface area contributed by atoms with E-state index in [2.05, 4.69) is 120 Å². The number of rotatable bonds is 20. The topological polar surface area (TPSA) is 36.9 Å². The van der Waals surface area contributed by atoms with Crippen LogP contribution in [-0.4, -0.2) is 41.5 Å². The SMILES string of the molecule is CC(C)O[Si](CCc1ccccc1)(OC(C)C)C(C)C.CCCCCCCC[Si](OC(C)C)(OC(C)C)C(C)C. The summed E-state index contributed by atoms with van der Waals surface area (Å²) in [5.41, 5.74) is 2.34. The molecule has 0 aromatic heterocycles. The van der Waals surface area contributed by atoms with E-state index in [9.17, 15) is 0 Å². The average Bonchev–Trinajstić information content (AvgIpc) is 2.84. The van der Waals surface area contributed by atoms with E-state index >= 15 is 0 Å². The maximum Gasteiger partial charge on any atom is 0.341 e. The molecule has 0 bridgehead atoms. The van der Waals surface area contributed by atoms with Gasteiger partial charge in [0.1, 0.15) is 0 Å². The number of benzene rings is 1. The zero-order chi connectivity index (χ0) is 30.8. The lowest BCUT2D eigenvalue weighted by molar-refractivity contribution is 0.0974. The maximum absolute atomic E-state index is 6.35. The van der Waals surface area contributed by atoms with Gasteiger partial charge in [-0.05, 0) is 90.5 Å². The van der Waals surface area contributed by atoms with E-state index in [-0.39, 0.29) is 24.4 Å². The van der Waals surface area contributed by atoms with Crippen molar-refractivity contribution in [3.8, 4) is 0 Å². The summed E-state index contributed by atoms with van der Waals surface area (Å²) in [5, 5.41) is 0. The second kappa shape index (κ2) is 21.2. The highest BCUT2D eigenvalue weighted by Crippen LogP contribution is 2.33. The number of unbranched alkanes of at least 4 members (excludes halogenated alkanes) is 5. The van der Waals surface area contributed by atoms with Crippen molar-refractivity contribution in [2.24, 2.45) is 0 Å². The molecule has 1 aromatic carbocycles. The fraction of sp³-hybridized carbons (Fsp3) is 0.824. The first-order chi connectivity index (χ1) is 18.7. The van der Waals surface area contributed by atoms with Crippen molar-refractivity contribution in [1.29, 1.82) is 0 Å². The van der Waals surface area contributed by atoms with Gasteiger partial charge >= 0.3 is 17.1 Å². The van der Waals surface area contributed by atoms with Gasteiger partial charge in [-0.25, -0.2) is 0 Å².